The molecule has 0 radical (unpaired) electrons. The number of ether oxygens (including phenoxy) is 1. The van der Waals surface area contributed by atoms with Gasteiger partial charge in [0.2, 0.25) is 0 Å². The van der Waals surface area contributed by atoms with Crippen molar-refractivity contribution in [3.63, 3.8) is 0 Å². The smallest absolute Gasteiger partial charge is 0.355 e. The molecule has 0 N–H and O–H groups in total. The first-order valence-corrected chi connectivity index (χ1v) is 6.32. The molecule has 0 saturated heterocycles. The Morgan fingerprint density at radius 1 is 1.58 bits per heavy atom. The van der Waals surface area contributed by atoms with Crippen LogP contribution in [0.15, 0.2) is 0 Å². The van der Waals surface area contributed by atoms with Crippen molar-refractivity contribution >= 4 is 11.8 Å². The third-order valence-electron chi connectivity index (χ3n) is 3.62. The largest absolute Gasteiger partial charge is 0.461 e. The molecule has 0 bridgehead atoms. The lowest BCUT2D eigenvalue weighted by molar-refractivity contribution is 0.0514. The van der Waals surface area contributed by atoms with Crippen molar-refractivity contribution in [1.29, 1.82) is 5.26 Å². The van der Waals surface area contributed by atoms with E-state index in [0.717, 1.165) is 5.69 Å². The van der Waals surface area contributed by atoms with Crippen LogP contribution in [-0.4, -0.2) is 22.9 Å². The standard InChI is InChI=1S/C14H16N2O3/c1-4-19-14(18)12-8(2)11-10(16(12)3)6-5-9(7-15)13(11)17/h9H,4-6H2,1-3H3/t9-/m0/s1. The number of nitrogens with zero attached hydrogens (tertiary/aromatic N) is 2. The fourth-order valence-electron chi connectivity index (χ4n) is 2.71. The van der Waals surface area contributed by atoms with Crippen molar-refractivity contribution < 1.29 is 14.3 Å². The Bertz CT molecular complexity index is 593. The topological polar surface area (TPSA) is 72.1 Å². The lowest BCUT2D eigenvalue weighted by Gasteiger charge is -2.16. The number of esters is 1. The van der Waals surface area contributed by atoms with E-state index in [1.165, 1.54) is 0 Å². The van der Waals surface area contributed by atoms with E-state index in [9.17, 15) is 9.59 Å². The molecule has 1 aliphatic rings. The van der Waals surface area contributed by atoms with Gasteiger partial charge in [0.05, 0.1) is 12.7 Å². The molecule has 0 spiro atoms. The highest BCUT2D eigenvalue weighted by molar-refractivity contribution is 6.05. The SMILES string of the molecule is CCOC(=O)c1c(C)c2c(n1C)CC[C@@H](C#N)C2=O. The van der Waals surface area contributed by atoms with Gasteiger partial charge in [-0.3, -0.25) is 4.79 Å². The Hall–Kier alpha value is -2.09. The maximum absolute atomic E-state index is 12.2. The van der Waals surface area contributed by atoms with Crippen molar-refractivity contribution in [2.24, 2.45) is 13.0 Å². The first kappa shape index (κ1) is 13.3. The van der Waals surface area contributed by atoms with E-state index < -0.39 is 11.9 Å². The predicted octanol–water partition coefficient (Wildman–Crippen LogP) is 1.78. The number of hydrogen-bond acceptors (Lipinski definition) is 4. The molecule has 0 aromatic carbocycles. The molecule has 0 fully saturated rings. The van der Waals surface area contributed by atoms with Gasteiger partial charge >= 0.3 is 5.97 Å². The monoisotopic (exact) mass is 260 g/mol. The molecule has 1 atom stereocenters. The minimum absolute atomic E-state index is 0.174. The molecule has 1 aromatic rings. The van der Waals surface area contributed by atoms with Gasteiger partial charge in [0.25, 0.3) is 0 Å². The van der Waals surface area contributed by atoms with E-state index >= 15 is 0 Å². The summed E-state index contributed by atoms with van der Waals surface area (Å²) in [7, 11) is 1.76. The number of fused-ring (bicyclic) bond motifs is 1. The zero-order valence-corrected chi connectivity index (χ0v) is 11.3. The molecule has 5 nitrogen and oxygen atoms in total. The van der Waals surface area contributed by atoms with E-state index in [4.69, 9.17) is 10.00 Å². The first-order valence-electron chi connectivity index (χ1n) is 6.32. The molecule has 0 aliphatic heterocycles. The molecule has 0 unspecified atom stereocenters. The zero-order chi connectivity index (χ0) is 14.2. The van der Waals surface area contributed by atoms with Crippen LogP contribution in [0, 0.1) is 24.2 Å². The number of nitriles is 1. The number of carbonyl (C=O) groups is 2. The lowest BCUT2D eigenvalue weighted by Crippen LogP contribution is -2.22. The summed E-state index contributed by atoms with van der Waals surface area (Å²) in [5, 5.41) is 8.98. The summed E-state index contributed by atoms with van der Waals surface area (Å²) in [5.41, 5.74) is 2.40. The molecule has 0 amide bonds. The van der Waals surface area contributed by atoms with Gasteiger partial charge in [-0.05, 0) is 32.3 Å². The van der Waals surface area contributed by atoms with E-state index in [1.807, 2.05) is 6.07 Å². The second-order valence-corrected chi connectivity index (χ2v) is 4.66. The fraction of sp³-hybridized carbons (Fsp3) is 0.500. The second-order valence-electron chi connectivity index (χ2n) is 4.66. The summed E-state index contributed by atoms with van der Waals surface area (Å²) >= 11 is 0. The van der Waals surface area contributed by atoms with Gasteiger partial charge in [-0.25, -0.2) is 4.79 Å². The molecule has 100 valence electrons. The van der Waals surface area contributed by atoms with Crippen molar-refractivity contribution in [2.45, 2.75) is 26.7 Å². The number of hydrogen-bond donors (Lipinski definition) is 0. The van der Waals surface area contributed by atoms with Crippen molar-refractivity contribution in [2.75, 3.05) is 6.61 Å². The van der Waals surface area contributed by atoms with Crippen LogP contribution in [0.4, 0.5) is 0 Å². The molecular weight excluding hydrogens is 244 g/mol. The number of Topliss-reactive ketones (excluding diaryl/α,β-unsaturated/α-hetero) is 1. The van der Waals surface area contributed by atoms with Gasteiger partial charge in [-0.2, -0.15) is 5.26 Å². The van der Waals surface area contributed by atoms with Gasteiger partial charge in [0.1, 0.15) is 11.6 Å². The number of rotatable bonds is 2. The van der Waals surface area contributed by atoms with Crippen LogP contribution in [0.2, 0.25) is 0 Å². The molecule has 1 heterocycles. The Balaban J connectivity index is 2.56. The quantitative estimate of drug-likeness (QED) is 0.760. The van der Waals surface area contributed by atoms with E-state index in [0.29, 0.717) is 36.3 Å². The maximum Gasteiger partial charge on any atom is 0.355 e. The minimum atomic E-state index is -0.594. The van der Waals surface area contributed by atoms with Gasteiger partial charge < -0.3 is 9.30 Å². The fourth-order valence-corrected chi connectivity index (χ4v) is 2.71. The summed E-state index contributed by atoms with van der Waals surface area (Å²) in [4.78, 5) is 24.2. The average Bonchev–Trinajstić information content (AvgIpc) is 2.63. The van der Waals surface area contributed by atoms with E-state index in [1.54, 1.807) is 25.5 Å². The Labute approximate surface area is 111 Å². The maximum atomic E-state index is 12.2. The lowest BCUT2D eigenvalue weighted by atomic mass is 9.85. The molecule has 1 aromatic heterocycles. The highest BCUT2D eigenvalue weighted by Crippen LogP contribution is 2.31. The summed E-state index contributed by atoms with van der Waals surface area (Å²) in [6.07, 6.45) is 1.15. The molecular formula is C14H16N2O3. The molecule has 19 heavy (non-hydrogen) atoms. The highest BCUT2D eigenvalue weighted by atomic mass is 16.5. The number of carbonyl (C=O) groups excluding carboxylic acids is 2. The summed E-state index contributed by atoms with van der Waals surface area (Å²) < 4.78 is 6.75. The molecule has 5 heteroatoms. The Kier molecular flexibility index (Phi) is 3.43. The van der Waals surface area contributed by atoms with Crippen LogP contribution in [-0.2, 0) is 18.2 Å². The second kappa shape index (κ2) is 4.88. The Morgan fingerprint density at radius 2 is 2.26 bits per heavy atom. The van der Waals surface area contributed by atoms with Gasteiger partial charge in [-0.1, -0.05) is 0 Å². The summed E-state index contributed by atoms with van der Waals surface area (Å²) in [5.74, 6) is -1.19. The minimum Gasteiger partial charge on any atom is -0.461 e. The molecule has 2 rings (SSSR count). The van der Waals surface area contributed by atoms with Crippen LogP contribution < -0.4 is 0 Å². The Morgan fingerprint density at radius 3 is 2.84 bits per heavy atom. The van der Waals surface area contributed by atoms with Crippen LogP contribution in [0.3, 0.4) is 0 Å². The number of ketones is 1. The van der Waals surface area contributed by atoms with E-state index in [2.05, 4.69) is 0 Å². The van der Waals surface area contributed by atoms with Crippen LogP contribution in [0.5, 0.6) is 0 Å². The van der Waals surface area contributed by atoms with Gasteiger partial charge in [0.15, 0.2) is 5.78 Å². The number of aromatic nitrogens is 1. The van der Waals surface area contributed by atoms with Crippen molar-refractivity contribution in [3.05, 3.63) is 22.5 Å². The summed E-state index contributed by atoms with van der Waals surface area (Å²) in [6, 6.07) is 2.03. The van der Waals surface area contributed by atoms with Crippen molar-refractivity contribution in [1.82, 2.24) is 4.57 Å². The van der Waals surface area contributed by atoms with Gasteiger partial charge in [-0.15, -0.1) is 0 Å². The third-order valence-corrected chi connectivity index (χ3v) is 3.62. The molecule has 0 saturated carbocycles. The van der Waals surface area contributed by atoms with Gasteiger partial charge in [0, 0.05) is 18.3 Å². The normalized spacial score (nSPS) is 17.8. The predicted molar refractivity (Wildman–Crippen MR) is 67.9 cm³/mol. The first-order chi connectivity index (χ1) is 9.02. The highest BCUT2D eigenvalue weighted by Gasteiger charge is 2.34. The van der Waals surface area contributed by atoms with Crippen LogP contribution >= 0.6 is 0 Å². The third kappa shape index (κ3) is 1.93. The van der Waals surface area contributed by atoms with E-state index in [-0.39, 0.29) is 5.78 Å². The molecule has 1 aliphatic carbocycles. The zero-order valence-electron chi connectivity index (χ0n) is 11.3. The van der Waals surface area contributed by atoms with Crippen LogP contribution in [0.1, 0.15) is 45.4 Å². The van der Waals surface area contributed by atoms with Crippen molar-refractivity contribution in [3.8, 4) is 6.07 Å². The van der Waals surface area contributed by atoms with Crippen LogP contribution in [0.25, 0.3) is 0 Å². The summed E-state index contributed by atoms with van der Waals surface area (Å²) in [6.45, 7) is 3.78. The average molecular weight is 260 g/mol.